The number of pyridine rings is 1. The number of carbonyl (C=O) groups excluding carboxylic acids is 2. The zero-order valence-corrected chi connectivity index (χ0v) is 23.7. The predicted molar refractivity (Wildman–Crippen MR) is 156 cm³/mol. The van der Waals surface area contributed by atoms with Gasteiger partial charge in [0.25, 0.3) is 0 Å². The average Bonchev–Trinajstić information content (AvgIpc) is 3.32. The van der Waals surface area contributed by atoms with E-state index in [2.05, 4.69) is 42.6 Å². The summed E-state index contributed by atoms with van der Waals surface area (Å²) in [6, 6.07) is 7.74. The minimum absolute atomic E-state index is 0.0314. The van der Waals surface area contributed by atoms with Crippen LogP contribution in [0, 0.1) is 0 Å². The van der Waals surface area contributed by atoms with Gasteiger partial charge in [-0.3, -0.25) is 19.4 Å². The number of benzene rings is 1. The first-order valence-corrected chi connectivity index (χ1v) is 12.6. The van der Waals surface area contributed by atoms with Gasteiger partial charge in [-0.1, -0.05) is 35.8 Å². The van der Waals surface area contributed by atoms with E-state index in [1.54, 1.807) is 37.6 Å². The molecule has 0 saturated heterocycles. The number of anilines is 5. The Kier molecular flexibility index (Phi) is 9.22. The summed E-state index contributed by atoms with van der Waals surface area (Å²) in [7, 11) is 4.56. The average molecular weight is 598 g/mol. The van der Waals surface area contributed by atoms with Crippen LogP contribution >= 0.6 is 23.2 Å². The summed E-state index contributed by atoms with van der Waals surface area (Å²) in [6.07, 6.45) is 5.64. The number of urea groups is 1. The van der Waals surface area contributed by atoms with Crippen molar-refractivity contribution in [3.05, 3.63) is 77.4 Å². The lowest BCUT2D eigenvalue weighted by Crippen LogP contribution is -2.35. The molecule has 3 aromatic heterocycles. The number of nitrogens with one attached hydrogen (secondary N) is 3. The Labute approximate surface area is 245 Å². The molecule has 41 heavy (non-hydrogen) atoms. The van der Waals surface area contributed by atoms with Crippen molar-refractivity contribution in [3.8, 4) is 11.5 Å². The molecule has 0 saturated carbocycles. The summed E-state index contributed by atoms with van der Waals surface area (Å²) >= 11 is 13.0. The van der Waals surface area contributed by atoms with Gasteiger partial charge >= 0.3 is 6.03 Å². The lowest BCUT2D eigenvalue weighted by molar-refractivity contribution is -0.111. The fraction of sp³-hybridized carbons (Fsp3) is 0.154. The third kappa shape index (κ3) is 6.83. The monoisotopic (exact) mass is 597 g/mol. The van der Waals surface area contributed by atoms with Crippen LogP contribution in [0.2, 0.25) is 10.0 Å². The molecule has 4 rings (SSSR count). The van der Waals surface area contributed by atoms with Crippen LogP contribution < -0.4 is 30.3 Å². The van der Waals surface area contributed by atoms with Gasteiger partial charge in [0.15, 0.2) is 5.82 Å². The quantitative estimate of drug-likeness (QED) is 0.214. The molecular weight excluding hydrogens is 573 g/mol. The van der Waals surface area contributed by atoms with Crippen molar-refractivity contribution in [3.63, 3.8) is 0 Å². The van der Waals surface area contributed by atoms with Crippen molar-refractivity contribution in [2.45, 2.75) is 6.54 Å². The van der Waals surface area contributed by atoms with Crippen LogP contribution in [0.15, 0.2) is 61.7 Å². The number of nitrogens with zero attached hydrogens (tertiary/aromatic N) is 6. The highest BCUT2D eigenvalue weighted by atomic mass is 35.5. The Morgan fingerprint density at radius 3 is 2.44 bits per heavy atom. The highest BCUT2D eigenvalue weighted by Gasteiger charge is 2.24. The van der Waals surface area contributed by atoms with E-state index in [0.29, 0.717) is 23.0 Å². The molecule has 15 heteroatoms. The second kappa shape index (κ2) is 13.0. The Bertz CT molecular complexity index is 1550. The number of amides is 3. The first kappa shape index (κ1) is 29.1. The molecule has 0 unspecified atom stereocenters. The van der Waals surface area contributed by atoms with Crippen molar-refractivity contribution in [2.75, 3.05) is 35.1 Å². The van der Waals surface area contributed by atoms with Gasteiger partial charge in [0.05, 0.1) is 38.3 Å². The summed E-state index contributed by atoms with van der Waals surface area (Å²) in [4.78, 5) is 39.8. The van der Waals surface area contributed by atoms with E-state index < -0.39 is 11.9 Å². The second-order valence-corrected chi connectivity index (χ2v) is 9.02. The summed E-state index contributed by atoms with van der Waals surface area (Å²) in [5.41, 5.74) is 1.07. The van der Waals surface area contributed by atoms with Gasteiger partial charge < -0.3 is 25.4 Å². The van der Waals surface area contributed by atoms with Crippen molar-refractivity contribution in [1.29, 1.82) is 0 Å². The molecule has 0 spiro atoms. The topological polar surface area (TPSA) is 148 Å². The van der Waals surface area contributed by atoms with Crippen LogP contribution in [-0.4, -0.2) is 50.9 Å². The van der Waals surface area contributed by atoms with Crippen LogP contribution in [0.4, 0.5) is 33.6 Å². The van der Waals surface area contributed by atoms with Crippen molar-refractivity contribution in [1.82, 2.24) is 24.7 Å². The molecule has 0 fully saturated rings. The highest BCUT2D eigenvalue weighted by Crippen LogP contribution is 2.44. The lowest BCUT2D eigenvalue weighted by atomic mass is 10.2. The molecule has 3 N–H and O–H groups in total. The molecule has 0 aliphatic rings. The zero-order valence-electron chi connectivity index (χ0n) is 22.2. The molecule has 1 aromatic carbocycles. The molecule has 212 valence electrons. The number of rotatable bonds is 10. The van der Waals surface area contributed by atoms with E-state index in [4.69, 9.17) is 32.7 Å². The SMILES string of the molecule is C=CC(=O)Nc1cn(C)nc1Nc1cc(N(Cc2ccccn2)C(=O)Nc2c(Cl)c(OC)cc(OC)c2Cl)ncn1. The van der Waals surface area contributed by atoms with Crippen molar-refractivity contribution >= 4 is 64.0 Å². The fourth-order valence-corrected chi connectivity index (χ4v) is 4.22. The number of halogens is 2. The van der Waals surface area contributed by atoms with Gasteiger partial charge in [-0.15, -0.1) is 0 Å². The van der Waals surface area contributed by atoms with E-state index >= 15 is 0 Å². The number of methoxy groups -OCH3 is 2. The molecular formula is C26H25Cl2N9O4. The van der Waals surface area contributed by atoms with Crippen molar-refractivity contribution in [2.24, 2.45) is 7.05 Å². The molecule has 4 aromatic rings. The maximum atomic E-state index is 13.7. The Morgan fingerprint density at radius 1 is 1.07 bits per heavy atom. The summed E-state index contributed by atoms with van der Waals surface area (Å²) < 4.78 is 12.1. The molecule has 3 amide bonds. The number of carbonyl (C=O) groups is 2. The van der Waals surface area contributed by atoms with Gasteiger partial charge in [-0.05, 0) is 18.2 Å². The molecule has 0 bridgehead atoms. The zero-order chi connectivity index (χ0) is 29.5. The maximum Gasteiger partial charge on any atom is 0.327 e. The van der Waals surface area contributed by atoms with Crippen LogP contribution in [0.3, 0.4) is 0 Å². The van der Waals surface area contributed by atoms with E-state index in [1.165, 1.54) is 42.3 Å². The summed E-state index contributed by atoms with van der Waals surface area (Å²) in [5, 5.41) is 12.9. The standard InChI is InChI=1S/C26H25Cl2N9O4/c1-5-21(38)32-16-13-36(2)35-25(16)33-19-11-20(31-14-30-19)37(12-15-8-6-7-9-29-15)26(39)34-24-22(27)17(40-3)10-18(41-4)23(24)28/h5-11,13-14H,1,12H2,2-4H3,(H,32,38)(H,34,39)(H,30,31,33,35). The lowest BCUT2D eigenvalue weighted by Gasteiger charge is -2.23. The normalized spacial score (nSPS) is 10.5. The first-order valence-electron chi connectivity index (χ1n) is 11.9. The third-order valence-corrected chi connectivity index (χ3v) is 6.30. The summed E-state index contributed by atoms with van der Waals surface area (Å²) in [6.45, 7) is 3.49. The predicted octanol–water partition coefficient (Wildman–Crippen LogP) is 5.04. The summed E-state index contributed by atoms with van der Waals surface area (Å²) in [5.74, 6) is 0.913. The smallest absolute Gasteiger partial charge is 0.327 e. The van der Waals surface area contributed by atoms with Gasteiger partial charge in [-0.2, -0.15) is 5.10 Å². The van der Waals surface area contributed by atoms with Gasteiger partial charge in [0, 0.05) is 25.4 Å². The van der Waals surface area contributed by atoms with Gasteiger partial charge in [-0.25, -0.2) is 14.8 Å². The third-order valence-electron chi connectivity index (χ3n) is 5.54. The Balaban J connectivity index is 1.69. The van der Waals surface area contributed by atoms with Crippen LogP contribution in [0.1, 0.15) is 5.69 Å². The molecule has 3 heterocycles. The Morgan fingerprint density at radius 2 is 1.80 bits per heavy atom. The van der Waals surface area contributed by atoms with E-state index in [9.17, 15) is 9.59 Å². The minimum Gasteiger partial charge on any atom is -0.495 e. The minimum atomic E-state index is -0.629. The molecule has 0 atom stereocenters. The first-order chi connectivity index (χ1) is 19.7. The fourth-order valence-electron chi connectivity index (χ4n) is 3.62. The number of aromatic nitrogens is 5. The largest absolute Gasteiger partial charge is 0.495 e. The molecule has 0 radical (unpaired) electrons. The number of ether oxygens (including phenoxy) is 2. The van der Waals surface area contributed by atoms with Gasteiger partial charge in [0.1, 0.15) is 45.2 Å². The molecule has 13 nitrogen and oxygen atoms in total. The van der Waals surface area contributed by atoms with E-state index in [0.717, 1.165) is 6.08 Å². The molecule has 0 aliphatic heterocycles. The van der Waals surface area contributed by atoms with Crippen LogP contribution in [0.5, 0.6) is 11.5 Å². The Hall–Kier alpha value is -4.88. The number of hydrogen-bond donors (Lipinski definition) is 3. The van der Waals surface area contributed by atoms with Crippen molar-refractivity contribution < 1.29 is 19.1 Å². The van der Waals surface area contributed by atoms with E-state index in [-0.39, 0.29) is 39.6 Å². The van der Waals surface area contributed by atoms with Crippen LogP contribution in [-0.2, 0) is 18.4 Å². The second-order valence-electron chi connectivity index (χ2n) is 8.27. The van der Waals surface area contributed by atoms with E-state index in [1.807, 2.05) is 0 Å². The number of hydrogen-bond acceptors (Lipinski definition) is 9. The maximum absolute atomic E-state index is 13.7. The molecule has 0 aliphatic carbocycles. The number of aryl methyl sites for hydroxylation is 1. The van der Waals surface area contributed by atoms with Crippen LogP contribution in [0.25, 0.3) is 0 Å². The van der Waals surface area contributed by atoms with Gasteiger partial charge in [0.2, 0.25) is 5.91 Å². The highest BCUT2D eigenvalue weighted by molar-refractivity contribution is 6.41.